The second kappa shape index (κ2) is 6.15. The number of ether oxygens (including phenoxy) is 1. The number of nitrogens with one attached hydrogen (secondary N) is 1. The van der Waals surface area contributed by atoms with Crippen molar-refractivity contribution in [3.05, 3.63) is 53.6 Å². The molecule has 0 heterocycles. The van der Waals surface area contributed by atoms with Crippen LogP contribution in [0.15, 0.2) is 47.4 Å². The summed E-state index contributed by atoms with van der Waals surface area (Å²) in [5, 5.41) is 0. The van der Waals surface area contributed by atoms with Gasteiger partial charge in [0.1, 0.15) is 5.75 Å². The number of aryl methyl sites for hydroxylation is 1. The molecule has 0 saturated carbocycles. The number of nitrogen functional groups attached to an aromatic ring is 1. The summed E-state index contributed by atoms with van der Waals surface area (Å²) >= 11 is 0. The molecule has 0 aliphatic heterocycles. The average Bonchev–Trinajstić information content (AvgIpc) is 2.45. The summed E-state index contributed by atoms with van der Waals surface area (Å²) in [6, 6.07) is 11.9. The molecular formula is C15H18N2O3S. The SMILES string of the molecule is COc1ccc(CNS(=O)(=O)c2ccc(N)cc2C)cc1. The lowest BCUT2D eigenvalue weighted by Gasteiger charge is -2.10. The zero-order chi connectivity index (χ0) is 15.5. The van der Waals surface area contributed by atoms with Crippen molar-refractivity contribution in [2.75, 3.05) is 12.8 Å². The number of hydrogen-bond acceptors (Lipinski definition) is 4. The summed E-state index contributed by atoms with van der Waals surface area (Å²) in [5.41, 5.74) is 7.66. The van der Waals surface area contributed by atoms with E-state index in [0.29, 0.717) is 11.3 Å². The van der Waals surface area contributed by atoms with Gasteiger partial charge in [-0.2, -0.15) is 0 Å². The van der Waals surface area contributed by atoms with Gasteiger partial charge in [0.05, 0.1) is 12.0 Å². The summed E-state index contributed by atoms with van der Waals surface area (Å²) < 4.78 is 32.2. The molecule has 0 unspecified atom stereocenters. The lowest BCUT2D eigenvalue weighted by molar-refractivity contribution is 0.414. The number of nitrogens with two attached hydrogens (primary N) is 1. The second-order valence-corrected chi connectivity index (χ2v) is 6.43. The first-order chi connectivity index (χ1) is 9.92. The van der Waals surface area contributed by atoms with Crippen molar-refractivity contribution >= 4 is 15.7 Å². The molecule has 0 radical (unpaired) electrons. The van der Waals surface area contributed by atoms with E-state index < -0.39 is 10.0 Å². The van der Waals surface area contributed by atoms with Crippen LogP contribution in [0.3, 0.4) is 0 Å². The van der Waals surface area contributed by atoms with Crippen molar-refractivity contribution in [1.29, 1.82) is 0 Å². The Bertz CT molecular complexity index is 725. The molecule has 0 aromatic heterocycles. The number of hydrogen-bond donors (Lipinski definition) is 2. The third-order valence-electron chi connectivity index (χ3n) is 3.11. The molecular weight excluding hydrogens is 288 g/mol. The molecule has 2 aromatic carbocycles. The Morgan fingerprint density at radius 2 is 1.81 bits per heavy atom. The first-order valence-electron chi connectivity index (χ1n) is 6.41. The standard InChI is InChI=1S/C15H18N2O3S/c1-11-9-13(16)5-8-15(11)21(18,19)17-10-12-3-6-14(20-2)7-4-12/h3-9,17H,10,16H2,1-2H3. The Balaban J connectivity index is 2.13. The van der Waals surface area contributed by atoms with Crippen LogP contribution in [-0.4, -0.2) is 15.5 Å². The predicted molar refractivity (Wildman–Crippen MR) is 82.6 cm³/mol. The zero-order valence-electron chi connectivity index (χ0n) is 12.0. The maximum absolute atomic E-state index is 12.3. The predicted octanol–water partition coefficient (Wildman–Crippen LogP) is 2.06. The van der Waals surface area contributed by atoms with Crippen LogP contribution < -0.4 is 15.2 Å². The molecule has 0 fully saturated rings. The van der Waals surface area contributed by atoms with Gasteiger partial charge in [0.15, 0.2) is 0 Å². The van der Waals surface area contributed by atoms with Crippen molar-refractivity contribution in [3.63, 3.8) is 0 Å². The van der Waals surface area contributed by atoms with E-state index in [1.165, 1.54) is 6.07 Å². The molecule has 0 bridgehead atoms. The maximum atomic E-state index is 12.3. The summed E-state index contributed by atoms with van der Waals surface area (Å²) in [5.74, 6) is 0.732. The van der Waals surface area contributed by atoms with Gasteiger partial charge in [0, 0.05) is 12.2 Å². The van der Waals surface area contributed by atoms with Crippen LogP contribution in [0, 0.1) is 6.92 Å². The molecule has 0 atom stereocenters. The van der Waals surface area contributed by atoms with E-state index >= 15 is 0 Å². The van der Waals surface area contributed by atoms with Crippen LogP contribution in [0.2, 0.25) is 0 Å². The van der Waals surface area contributed by atoms with Gasteiger partial charge in [0.25, 0.3) is 0 Å². The highest BCUT2D eigenvalue weighted by Gasteiger charge is 2.16. The van der Waals surface area contributed by atoms with E-state index in [1.54, 1.807) is 38.3 Å². The highest BCUT2D eigenvalue weighted by molar-refractivity contribution is 7.89. The number of sulfonamides is 1. The smallest absolute Gasteiger partial charge is 0.241 e. The Hall–Kier alpha value is -2.05. The van der Waals surface area contributed by atoms with Gasteiger partial charge in [-0.15, -0.1) is 0 Å². The molecule has 112 valence electrons. The van der Waals surface area contributed by atoms with Crippen molar-refractivity contribution in [1.82, 2.24) is 4.72 Å². The number of rotatable bonds is 5. The second-order valence-electron chi connectivity index (χ2n) is 4.70. The fraction of sp³-hybridized carbons (Fsp3) is 0.200. The minimum Gasteiger partial charge on any atom is -0.497 e. The third-order valence-corrected chi connectivity index (χ3v) is 4.68. The first-order valence-corrected chi connectivity index (χ1v) is 7.89. The monoisotopic (exact) mass is 306 g/mol. The third kappa shape index (κ3) is 3.74. The lowest BCUT2D eigenvalue weighted by Crippen LogP contribution is -2.24. The van der Waals surface area contributed by atoms with Gasteiger partial charge in [-0.05, 0) is 48.4 Å². The molecule has 0 aliphatic rings. The minimum absolute atomic E-state index is 0.218. The topological polar surface area (TPSA) is 81.4 Å². The van der Waals surface area contributed by atoms with Gasteiger partial charge in [-0.25, -0.2) is 13.1 Å². The van der Waals surface area contributed by atoms with E-state index in [4.69, 9.17) is 10.5 Å². The molecule has 6 heteroatoms. The van der Waals surface area contributed by atoms with Crippen LogP contribution in [0.4, 0.5) is 5.69 Å². The Morgan fingerprint density at radius 3 is 2.38 bits per heavy atom. The molecule has 0 amide bonds. The van der Waals surface area contributed by atoms with Crippen molar-refractivity contribution < 1.29 is 13.2 Å². The highest BCUT2D eigenvalue weighted by Crippen LogP contribution is 2.18. The van der Waals surface area contributed by atoms with Crippen LogP contribution >= 0.6 is 0 Å². The van der Waals surface area contributed by atoms with Crippen molar-refractivity contribution in [2.24, 2.45) is 0 Å². The normalized spacial score (nSPS) is 11.3. The van der Waals surface area contributed by atoms with E-state index in [0.717, 1.165) is 11.3 Å². The van der Waals surface area contributed by atoms with Crippen LogP contribution in [0.1, 0.15) is 11.1 Å². The fourth-order valence-electron chi connectivity index (χ4n) is 1.97. The summed E-state index contributed by atoms with van der Waals surface area (Å²) in [7, 11) is -1.97. The fourth-order valence-corrected chi connectivity index (χ4v) is 3.22. The average molecular weight is 306 g/mol. The zero-order valence-corrected chi connectivity index (χ0v) is 12.8. The maximum Gasteiger partial charge on any atom is 0.241 e. The first kappa shape index (κ1) is 15.3. The molecule has 0 saturated heterocycles. The van der Waals surface area contributed by atoms with Gasteiger partial charge >= 0.3 is 0 Å². The van der Waals surface area contributed by atoms with Crippen molar-refractivity contribution in [3.8, 4) is 5.75 Å². The largest absolute Gasteiger partial charge is 0.497 e. The van der Waals surface area contributed by atoms with E-state index in [2.05, 4.69) is 4.72 Å². The van der Waals surface area contributed by atoms with Crippen LogP contribution in [0.5, 0.6) is 5.75 Å². The van der Waals surface area contributed by atoms with Gasteiger partial charge in [-0.1, -0.05) is 12.1 Å². The Labute approximate surface area is 124 Å². The van der Waals surface area contributed by atoms with Gasteiger partial charge < -0.3 is 10.5 Å². The summed E-state index contributed by atoms with van der Waals surface area (Å²) in [6.45, 7) is 1.94. The van der Waals surface area contributed by atoms with E-state index in [9.17, 15) is 8.42 Å². The van der Waals surface area contributed by atoms with Crippen LogP contribution in [0.25, 0.3) is 0 Å². The lowest BCUT2D eigenvalue weighted by atomic mass is 10.2. The molecule has 0 spiro atoms. The molecule has 0 aliphatic carbocycles. The van der Waals surface area contributed by atoms with Crippen molar-refractivity contribution in [2.45, 2.75) is 18.4 Å². The Morgan fingerprint density at radius 1 is 1.14 bits per heavy atom. The number of benzene rings is 2. The summed E-state index contributed by atoms with van der Waals surface area (Å²) in [6.07, 6.45) is 0. The number of methoxy groups -OCH3 is 1. The molecule has 3 N–H and O–H groups in total. The van der Waals surface area contributed by atoms with E-state index in [-0.39, 0.29) is 11.4 Å². The van der Waals surface area contributed by atoms with Gasteiger partial charge in [-0.3, -0.25) is 0 Å². The summed E-state index contributed by atoms with van der Waals surface area (Å²) in [4.78, 5) is 0.241. The van der Waals surface area contributed by atoms with E-state index in [1.807, 2.05) is 12.1 Å². The Kier molecular flexibility index (Phi) is 4.50. The quantitative estimate of drug-likeness (QED) is 0.829. The number of anilines is 1. The molecule has 5 nitrogen and oxygen atoms in total. The van der Waals surface area contributed by atoms with Crippen LogP contribution in [-0.2, 0) is 16.6 Å². The molecule has 2 rings (SSSR count). The molecule has 2 aromatic rings. The molecule has 21 heavy (non-hydrogen) atoms. The highest BCUT2D eigenvalue weighted by atomic mass is 32.2. The minimum atomic E-state index is -3.56. The van der Waals surface area contributed by atoms with Gasteiger partial charge in [0.2, 0.25) is 10.0 Å².